The summed E-state index contributed by atoms with van der Waals surface area (Å²) in [5.74, 6) is 0. The van der Waals surface area contributed by atoms with Gasteiger partial charge < -0.3 is 15.3 Å². The molecule has 0 amide bonds. The van der Waals surface area contributed by atoms with Crippen molar-refractivity contribution in [3.8, 4) is 0 Å². The van der Waals surface area contributed by atoms with Gasteiger partial charge >= 0.3 is 0 Å². The first-order valence-corrected chi connectivity index (χ1v) is 3.81. The van der Waals surface area contributed by atoms with Crippen molar-refractivity contribution in [3.05, 3.63) is 20.3 Å². The lowest BCUT2D eigenvalue weighted by Gasteiger charge is -1.90. The maximum Gasteiger partial charge on any atom is 0.0541 e. The third-order valence-corrected chi connectivity index (χ3v) is 0.482. The van der Waals surface area contributed by atoms with Crippen LogP contribution in [0.2, 0.25) is 0 Å². The van der Waals surface area contributed by atoms with Crippen molar-refractivity contribution >= 4 is 0 Å². The molecular weight excluding hydrogens is 156 g/mol. The van der Waals surface area contributed by atoms with Crippen molar-refractivity contribution in [3.63, 3.8) is 0 Å². The minimum Gasteiger partial charge on any atom is -0.396 e. The quantitative estimate of drug-likeness (QED) is 0.550. The number of aliphatic hydroxyl groups excluding tert-OH is 3. The summed E-state index contributed by atoms with van der Waals surface area (Å²) in [6.07, 6.45) is 1.06. The van der Waals surface area contributed by atoms with Gasteiger partial charge in [0.25, 0.3) is 0 Å². The minimum atomic E-state index is -0.417. The normalized spacial score (nSPS) is 10.8. The molecule has 0 aromatic heterocycles. The Bertz CT molecular complexity index is 51.0. The van der Waals surface area contributed by atoms with E-state index < -0.39 is 6.10 Å². The summed E-state index contributed by atoms with van der Waals surface area (Å²) in [6.45, 7) is 11.4. The van der Waals surface area contributed by atoms with Gasteiger partial charge in [-0.05, 0) is 34.1 Å². The van der Waals surface area contributed by atoms with Crippen LogP contribution in [0, 0.1) is 20.3 Å². The summed E-state index contributed by atoms with van der Waals surface area (Å²) in [5, 5.41) is 23.7. The smallest absolute Gasteiger partial charge is 0.0541 e. The molecule has 12 heavy (non-hydrogen) atoms. The summed E-state index contributed by atoms with van der Waals surface area (Å²) in [5.41, 5.74) is 0. The second kappa shape index (κ2) is 17.1. The molecule has 2 atom stereocenters. The highest BCUT2D eigenvalue weighted by molar-refractivity contribution is 4.60. The fourth-order valence-corrected chi connectivity index (χ4v) is 0. The molecule has 0 aromatic rings. The molecule has 0 rings (SSSR count). The molecule has 2 unspecified atom stereocenters. The van der Waals surface area contributed by atoms with Crippen LogP contribution in [-0.4, -0.2) is 34.1 Å². The molecule has 0 aromatic carbocycles. The second-order valence-electron chi connectivity index (χ2n) is 2.15. The molecule has 0 spiro atoms. The van der Waals surface area contributed by atoms with Gasteiger partial charge in [-0.3, -0.25) is 0 Å². The van der Waals surface area contributed by atoms with Crippen LogP contribution in [0.4, 0.5) is 0 Å². The zero-order valence-electron chi connectivity index (χ0n) is 8.20. The molecule has 75 valence electrons. The van der Waals surface area contributed by atoms with Gasteiger partial charge in [-0.25, -0.2) is 0 Å². The van der Waals surface area contributed by atoms with Crippen molar-refractivity contribution in [1.29, 1.82) is 0 Å². The average Bonchev–Trinajstić information content (AvgIpc) is 1.88. The molecular formula is C9H21O3. The molecule has 0 fully saturated rings. The van der Waals surface area contributed by atoms with E-state index >= 15 is 0 Å². The Balaban J connectivity index is -0.000000105. The highest BCUT2D eigenvalue weighted by atomic mass is 16.3. The summed E-state index contributed by atoms with van der Waals surface area (Å²) >= 11 is 0. The van der Waals surface area contributed by atoms with Crippen LogP contribution in [0.15, 0.2) is 0 Å². The molecule has 3 heteroatoms. The van der Waals surface area contributed by atoms with E-state index in [1.165, 1.54) is 0 Å². The molecule has 0 heterocycles. The van der Waals surface area contributed by atoms with E-state index in [0.29, 0.717) is 0 Å². The molecule has 0 saturated carbocycles. The molecule has 0 aliphatic rings. The second-order valence-corrected chi connectivity index (χ2v) is 2.15. The van der Waals surface area contributed by atoms with Crippen LogP contribution in [0.25, 0.3) is 0 Å². The Morgan fingerprint density at radius 3 is 1.42 bits per heavy atom. The summed E-state index contributed by atoms with van der Waals surface area (Å²) in [7, 11) is 0. The van der Waals surface area contributed by atoms with E-state index in [1.54, 1.807) is 20.3 Å². The first-order chi connectivity index (χ1) is 5.42. The predicted molar refractivity (Wildman–Crippen MR) is 51.1 cm³/mol. The molecule has 3 N–H and O–H groups in total. The van der Waals surface area contributed by atoms with Crippen LogP contribution in [0.1, 0.15) is 20.8 Å². The average molecular weight is 177 g/mol. The number of hydrogen-bond acceptors (Lipinski definition) is 3. The van der Waals surface area contributed by atoms with E-state index in [0.717, 1.165) is 0 Å². The van der Waals surface area contributed by atoms with Crippen molar-refractivity contribution in [2.45, 2.75) is 33.0 Å². The van der Waals surface area contributed by atoms with Gasteiger partial charge in [-0.1, -0.05) is 6.92 Å². The fourth-order valence-electron chi connectivity index (χ4n) is 0. The lowest BCUT2D eigenvalue weighted by Crippen LogP contribution is -1.94. The van der Waals surface area contributed by atoms with Gasteiger partial charge in [0.2, 0.25) is 0 Å². The number of aliphatic hydroxyl groups is 3. The lowest BCUT2D eigenvalue weighted by molar-refractivity contribution is 0.228. The Morgan fingerprint density at radius 2 is 1.42 bits per heavy atom. The molecule has 0 aliphatic carbocycles. The van der Waals surface area contributed by atoms with Crippen LogP contribution in [0.5, 0.6) is 0 Å². The van der Waals surface area contributed by atoms with Gasteiger partial charge in [0, 0.05) is 6.61 Å². The van der Waals surface area contributed by atoms with E-state index in [4.69, 9.17) is 15.3 Å². The zero-order valence-corrected chi connectivity index (χ0v) is 8.20. The maximum absolute atomic E-state index is 8.31. The summed E-state index contributed by atoms with van der Waals surface area (Å²) in [4.78, 5) is 0. The standard InChI is InChI=1S/C4H9O.C3H7O.C2H5O/c1-3-4(2)5;1-3(2)4;1-2-3/h3-5H,1-2H3;3-4H,1H2,2H3;3H,1-2H2. The van der Waals surface area contributed by atoms with E-state index in [-0.39, 0.29) is 12.7 Å². The highest BCUT2D eigenvalue weighted by Gasteiger charge is 1.82. The van der Waals surface area contributed by atoms with Crippen molar-refractivity contribution in [2.75, 3.05) is 6.61 Å². The van der Waals surface area contributed by atoms with E-state index in [2.05, 4.69) is 13.8 Å². The Morgan fingerprint density at radius 1 is 1.33 bits per heavy atom. The highest BCUT2D eigenvalue weighted by Crippen LogP contribution is 1.79. The topological polar surface area (TPSA) is 60.7 Å². The first kappa shape index (κ1) is 17.8. The molecule has 0 aliphatic heterocycles. The molecule has 0 bridgehead atoms. The Labute approximate surface area is 76.1 Å². The Hall–Kier alpha value is -0.120. The van der Waals surface area contributed by atoms with Gasteiger partial charge in [0.15, 0.2) is 0 Å². The molecule has 0 saturated heterocycles. The van der Waals surface area contributed by atoms with E-state index in [9.17, 15) is 0 Å². The summed E-state index contributed by atoms with van der Waals surface area (Å²) in [6, 6.07) is 0. The maximum atomic E-state index is 8.31. The third-order valence-electron chi connectivity index (χ3n) is 0.482. The van der Waals surface area contributed by atoms with Gasteiger partial charge in [0.05, 0.1) is 12.2 Å². The van der Waals surface area contributed by atoms with Gasteiger partial charge in [0.1, 0.15) is 0 Å². The third kappa shape index (κ3) is 220. The van der Waals surface area contributed by atoms with Crippen LogP contribution >= 0.6 is 0 Å². The molecule has 3 radical (unpaired) electrons. The van der Waals surface area contributed by atoms with Crippen molar-refractivity contribution in [1.82, 2.24) is 0 Å². The van der Waals surface area contributed by atoms with Gasteiger partial charge in [-0.15, -0.1) is 0 Å². The SMILES string of the molecule is C[CH]C(C)O.[CH2]C(C)O.[CH2]CO. The van der Waals surface area contributed by atoms with Crippen molar-refractivity contribution in [2.24, 2.45) is 0 Å². The van der Waals surface area contributed by atoms with Crippen LogP contribution in [0.3, 0.4) is 0 Å². The first-order valence-electron chi connectivity index (χ1n) is 3.81. The predicted octanol–water partition coefficient (Wildman–Crippen LogP) is 0.605. The van der Waals surface area contributed by atoms with E-state index in [1.807, 2.05) is 6.92 Å². The van der Waals surface area contributed by atoms with Crippen LogP contribution in [-0.2, 0) is 0 Å². The molecule has 3 nitrogen and oxygen atoms in total. The Kier molecular flexibility index (Phi) is 25.4. The zero-order chi connectivity index (χ0) is 10.6. The number of rotatable bonds is 1. The van der Waals surface area contributed by atoms with Crippen LogP contribution < -0.4 is 0 Å². The monoisotopic (exact) mass is 177 g/mol. The van der Waals surface area contributed by atoms with Crippen molar-refractivity contribution < 1.29 is 15.3 Å². The summed E-state index contributed by atoms with van der Waals surface area (Å²) < 4.78 is 0. The van der Waals surface area contributed by atoms with Gasteiger partial charge in [-0.2, -0.15) is 0 Å². The lowest BCUT2D eigenvalue weighted by atomic mass is 10.3. The fraction of sp³-hybridized carbons (Fsp3) is 0.667. The minimum absolute atomic E-state index is 0. The largest absolute Gasteiger partial charge is 0.396 e. The number of hydrogen-bond donors (Lipinski definition) is 3.